The van der Waals surface area contributed by atoms with Crippen molar-refractivity contribution >= 4 is 45.7 Å². The first kappa shape index (κ1) is 22.2. The predicted octanol–water partition coefficient (Wildman–Crippen LogP) is 5.43. The van der Waals surface area contributed by atoms with Crippen molar-refractivity contribution in [1.29, 1.82) is 0 Å². The van der Waals surface area contributed by atoms with Crippen LogP contribution in [-0.4, -0.2) is 26.8 Å². The van der Waals surface area contributed by atoms with E-state index >= 15 is 0 Å². The topological polar surface area (TPSA) is 90.1 Å². The molecule has 0 saturated heterocycles. The number of nitrogens with zero attached hydrogens (tertiary/aromatic N) is 3. The van der Waals surface area contributed by atoms with Crippen LogP contribution in [0.5, 0.6) is 5.75 Å². The first-order chi connectivity index (χ1) is 15.5. The number of hydrogen-bond acceptors (Lipinski definition) is 8. The molecule has 0 bridgehead atoms. The van der Waals surface area contributed by atoms with Crippen LogP contribution in [0, 0.1) is 11.6 Å². The summed E-state index contributed by atoms with van der Waals surface area (Å²) in [5.74, 6) is -1.50. The van der Waals surface area contributed by atoms with Gasteiger partial charge in [0.15, 0.2) is 23.4 Å². The summed E-state index contributed by atoms with van der Waals surface area (Å²) in [7, 11) is 0. The van der Waals surface area contributed by atoms with Gasteiger partial charge in [0.05, 0.1) is 16.5 Å². The molecule has 0 radical (unpaired) electrons. The SMILES string of the molecule is O=C(CSc1nnc(COc2ccccc2Cl)o1)Nc1nc(-c2ccc(F)c(F)c2)cs1. The van der Waals surface area contributed by atoms with Crippen LogP contribution >= 0.6 is 34.7 Å². The number of para-hydroxylation sites is 1. The Bertz CT molecular complexity index is 1250. The van der Waals surface area contributed by atoms with Gasteiger partial charge < -0.3 is 14.5 Å². The van der Waals surface area contributed by atoms with Crippen molar-refractivity contribution < 1.29 is 22.7 Å². The molecular weight excluding hydrogens is 482 g/mol. The summed E-state index contributed by atoms with van der Waals surface area (Å²) in [5, 5.41) is 13.0. The fourth-order valence-corrected chi connectivity index (χ4v) is 3.96. The maximum absolute atomic E-state index is 13.4. The highest BCUT2D eigenvalue weighted by molar-refractivity contribution is 7.99. The first-order valence-corrected chi connectivity index (χ1v) is 11.3. The van der Waals surface area contributed by atoms with E-state index < -0.39 is 11.6 Å². The van der Waals surface area contributed by atoms with E-state index in [0.717, 1.165) is 23.9 Å². The van der Waals surface area contributed by atoms with Crippen LogP contribution in [0.15, 0.2) is 57.5 Å². The van der Waals surface area contributed by atoms with Gasteiger partial charge in [-0.1, -0.05) is 35.5 Å². The number of anilines is 1. The Morgan fingerprint density at radius 3 is 2.84 bits per heavy atom. The van der Waals surface area contributed by atoms with Gasteiger partial charge in [-0.2, -0.15) is 0 Å². The van der Waals surface area contributed by atoms with E-state index in [1.807, 2.05) is 0 Å². The lowest BCUT2D eigenvalue weighted by Gasteiger charge is -2.04. The fraction of sp³-hybridized carbons (Fsp3) is 0.100. The third kappa shape index (κ3) is 5.61. The van der Waals surface area contributed by atoms with Crippen LogP contribution in [0.3, 0.4) is 0 Å². The average molecular weight is 495 g/mol. The minimum absolute atomic E-state index is 0.00704. The normalized spacial score (nSPS) is 10.8. The molecule has 1 N–H and O–H groups in total. The number of hydrogen-bond donors (Lipinski definition) is 1. The number of thiazole rings is 1. The van der Waals surface area contributed by atoms with Crippen molar-refractivity contribution in [3.05, 3.63) is 70.4 Å². The van der Waals surface area contributed by atoms with Crippen LogP contribution in [-0.2, 0) is 11.4 Å². The highest BCUT2D eigenvalue weighted by Gasteiger charge is 2.13. The number of aromatic nitrogens is 3. The molecule has 0 aliphatic rings. The zero-order valence-corrected chi connectivity index (χ0v) is 18.4. The second-order valence-corrected chi connectivity index (χ2v) is 8.38. The molecule has 164 valence electrons. The molecule has 0 unspecified atom stereocenters. The van der Waals surface area contributed by atoms with Crippen molar-refractivity contribution in [2.24, 2.45) is 0 Å². The summed E-state index contributed by atoms with van der Waals surface area (Å²) >= 11 is 8.24. The van der Waals surface area contributed by atoms with E-state index in [1.165, 1.54) is 17.4 Å². The average Bonchev–Trinajstić information content (AvgIpc) is 3.43. The van der Waals surface area contributed by atoms with E-state index in [9.17, 15) is 13.6 Å². The van der Waals surface area contributed by atoms with Crippen molar-refractivity contribution in [1.82, 2.24) is 15.2 Å². The number of carbonyl (C=O) groups excluding carboxylic acids is 1. The van der Waals surface area contributed by atoms with Crippen LogP contribution in [0.4, 0.5) is 13.9 Å². The molecule has 0 aliphatic carbocycles. The zero-order chi connectivity index (χ0) is 22.5. The van der Waals surface area contributed by atoms with E-state index in [-0.39, 0.29) is 29.4 Å². The summed E-state index contributed by atoms with van der Waals surface area (Å²) in [6.45, 7) is 0.0371. The fourth-order valence-electron chi connectivity index (χ4n) is 2.46. The van der Waals surface area contributed by atoms with Gasteiger partial charge >= 0.3 is 0 Å². The van der Waals surface area contributed by atoms with E-state index in [0.29, 0.717) is 27.2 Å². The molecule has 0 spiro atoms. The van der Waals surface area contributed by atoms with Gasteiger partial charge in [-0.05, 0) is 30.3 Å². The molecule has 4 aromatic rings. The second kappa shape index (κ2) is 10.1. The molecule has 0 fully saturated rings. The number of amides is 1. The Balaban J connectivity index is 1.27. The number of nitrogens with one attached hydrogen (secondary N) is 1. The number of ether oxygens (including phenoxy) is 1. The molecule has 0 atom stereocenters. The highest BCUT2D eigenvalue weighted by Crippen LogP contribution is 2.27. The Hall–Kier alpha value is -3.02. The van der Waals surface area contributed by atoms with Gasteiger partial charge in [0.25, 0.3) is 11.1 Å². The Labute approximate surface area is 193 Å². The smallest absolute Gasteiger partial charge is 0.277 e. The van der Waals surface area contributed by atoms with Gasteiger partial charge in [0, 0.05) is 10.9 Å². The standard InChI is InChI=1S/C20H13ClF2N4O3S2/c21-12-3-1-2-4-16(12)29-8-18-26-27-20(30-18)32-10-17(28)25-19-24-15(9-31-19)11-5-6-13(22)14(23)7-11/h1-7,9H,8,10H2,(H,24,25,28). The zero-order valence-electron chi connectivity index (χ0n) is 16.0. The molecule has 2 aromatic heterocycles. The van der Waals surface area contributed by atoms with Crippen LogP contribution in [0.2, 0.25) is 5.02 Å². The lowest BCUT2D eigenvalue weighted by atomic mass is 10.2. The van der Waals surface area contributed by atoms with Gasteiger partial charge in [-0.25, -0.2) is 13.8 Å². The number of halogens is 3. The molecular formula is C20H13ClF2N4O3S2. The molecule has 2 aromatic carbocycles. The molecule has 2 heterocycles. The number of thioether (sulfide) groups is 1. The Morgan fingerprint density at radius 2 is 2.03 bits per heavy atom. The van der Waals surface area contributed by atoms with E-state index in [2.05, 4.69) is 20.5 Å². The summed E-state index contributed by atoms with van der Waals surface area (Å²) in [5.41, 5.74) is 0.837. The largest absolute Gasteiger partial charge is 0.482 e. The van der Waals surface area contributed by atoms with Crippen molar-refractivity contribution in [2.45, 2.75) is 11.8 Å². The van der Waals surface area contributed by atoms with Gasteiger partial charge in [-0.3, -0.25) is 4.79 Å². The minimum Gasteiger partial charge on any atom is -0.482 e. The number of rotatable bonds is 8. The second-order valence-electron chi connectivity index (χ2n) is 6.18. The van der Waals surface area contributed by atoms with Crippen LogP contribution < -0.4 is 10.1 Å². The molecule has 0 aliphatic heterocycles. The van der Waals surface area contributed by atoms with Crippen molar-refractivity contribution in [3.63, 3.8) is 0 Å². The van der Waals surface area contributed by atoms with E-state index in [4.69, 9.17) is 20.8 Å². The molecule has 4 rings (SSSR count). The maximum Gasteiger partial charge on any atom is 0.277 e. The molecule has 0 saturated carbocycles. The molecule has 1 amide bonds. The summed E-state index contributed by atoms with van der Waals surface area (Å²) < 4.78 is 37.4. The number of carbonyl (C=O) groups is 1. The quantitative estimate of drug-likeness (QED) is 0.326. The molecule has 32 heavy (non-hydrogen) atoms. The lowest BCUT2D eigenvalue weighted by molar-refractivity contribution is -0.113. The van der Waals surface area contributed by atoms with Crippen molar-refractivity contribution in [3.8, 4) is 17.0 Å². The van der Waals surface area contributed by atoms with E-state index in [1.54, 1.807) is 29.6 Å². The third-order valence-corrected chi connectivity index (χ3v) is 5.82. The number of benzene rings is 2. The summed E-state index contributed by atoms with van der Waals surface area (Å²) in [6.07, 6.45) is 0. The first-order valence-electron chi connectivity index (χ1n) is 9.01. The predicted molar refractivity (Wildman–Crippen MR) is 117 cm³/mol. The Morgan fingerprint density at radius 1 is 1.19 bits per heavy atom. The minimum atomic E-state index is -0.964. The monoisotopic (exact) mass is 494 g/mol. The van der Waals surface area contributed by atoms with Gasteiger partial charge in [0.1, 0.15) is 5.75 Å². The van der Waals surface area contributed by atoms with Crippen molar-refractivity contribution in [2.75, 3.05) is 11.1 Å². The van der Waals surface area contributed by atoms with Gasteiger partial charge in [0.2, 0.25) is 5.91 Å². The summed E-state index contributed by atoms with van der Waals surface area (Å²) in [6, 6.07) is 10.5. The highest BCUT2D eigenvalue weighted by atomic mass is 35.5. The maximum atomic E-state index is 13.4. The molecule has 12 heteroatoms. The molecule has 7 nitrogen and oxygen atoms in total. The third-order valence-electron chi connectivity index (χ3n) is 3.93. The lowest BCUT2D eigenvalue weighted by Crippen LogP contribution is -2.13. The summed E-state index contributed by atoms with van der Waals surface area (Å²) in [4.78, 5) is 16.4. The van der Waals surface area contributed by atoms with Crippen LogP contribution in [0.25, 0.3) is 11.3 Å². The Kier molecular flexibility index (Phi) is 6.98. The van der Waals surface area contributed by atoms with Crippen LogP contribution in [0.1, 0.15) is 5.89 Å². The van der Waals surface area contributed by atoms with Gasteiger partial charge in [-0.15, -0.1) is 21.5 Å².